The molecule has 1 unspecified atom stereocenters. The fraction of sp³-hybridized carbons (Fsp3) is 0.438. The van der Waals surface area contributed by atoms with Gasteiger partial charge in [0.2, 0.25) is 11.8 Å². The standard InChI is InChI=1S/C16H22ClN3O5/c1-9(18)15(23)19-7-11(10-2-4-12(17)5-3-10)6-14(22)20-13(8-21)16(24)25/h2-5,9,11,13,21H,6-8,18H2,1H3,(H,19,23)(H,20,22)(H,24,25)/t9-,11?,13-/m0/s1. The Morgan fingerprint density at radius 3 is 2.32 bits per heavy atom. The molecule has 25 heavy (non-hydrogen) atoms. The van der Waals surface area contributed by atoms with Gasteiger partial charge in [0.1, 0.15) is 6.04 Å². The first-order chi connectivity index (χ1) is 11.7. The second-order valence-electron chi connectivity index (χ2n) is 5.63. The SMILES string of the molecule is C[C@H](N)C(=O)NCC(CC(=O)N[C@@H](CO)C(=O)O)c1ccc(Cl)cc1. The Hall–Kier alpha value is -2.16. The van der Waals surface area contributed by atoms with Gasteiger partial charge in [-0.3, -0.25) is 9.59 Å². The van der Waals surface area contributed by atoms with E-state index in [1.165, 1.54) is 6.92 Å². The third-order valence-corrected chi connectivity index (χ3v) is 3.78. The number of hydrogen-bond acceptors (Lipinski definition) is 5. The Morgan fingerprint density at radius 2 is 1.84 bits per heavy atom. The Labute approximate surface area is 150 Å². The summed E-state index contributed by atoms with van der Waals surface area (Å²) in [7, 11) is 0. The minimum absolute atomic E-state index is 0.0787. The van der Waals surface area contributed by atoms with Crippen LogP contribution in [0.2, 0.25) is 5.02 Å². The van der Waals surface area contributed by atoms with Crippen LogP contribution in [0.5, 0.6) is 0 Å². The van der Waals surface area contributed by atoms with Crippen LogP contribution in [0.4, 0.5) is 0 Å². The molecule has 0 fully saturated rings. The van der Waals surface area contributed by atoms with Crippen molar-refractivity contribution >= 4 is 29.4 Å². The van der Waals surface area contributed by atoms with Crippen LogP contribution < -0.4 is 16.4 Å². The summed E-state index contributed by atoms with van der Waals surface area (Å²) in [6, 6.07) is 4.69. The molecule has 0 heterocycles. The summed E-state index contributed by atoms with van der Waals surface area (Å²) in [4.78, 5) is 34.6. The number of carboxylic acid groups (broad SMARTS) is 1. The Bertz CT molecular complexity index is 606. The van der Waals surface area contributed by atoms with Crippen LogP contribution in [0.15, 0.2) is 24.3 Å². The molecular weight excluding hydrogens is 350 g/mol. The molecule has 0 spiro atoms. The van der Waals surface area contributed by atoms with E-state index in [1.54, 1.807) is 24.3 Å². The van der Waals surface area contributed by atoms with Gasteiger partial charge in [-0.2, -0.15) is 0 Å². The molecule has 0 aliphatic rings. The van der Waals surface area contributed by atoms with E-state index in [-0.39, 0.29) is 18.9 Å². The van der Waals surface area contributed by atoms with E-state index in [9.17, 15) is 14.4 Å². The lowest BCUT2D eigenvalue weighted by Gasteiger charge is -2.20. The molecule has 0 bridgehead atoms. The van der Waals surface area contributed by atoms with E-state index in [2.05, 4.69) is 10.6 Å². The van der Waals surface area contributed by atoms with Crippen LogP contribution >= 0.6 is 11.6 Å². The molecule has 0 saturated carbocycles. The fourth-order valence-electron chi connectivity index (χ4n) is 2.09. The molecule has 1 aromatic carbocycles. The number of rotatable bonds is 9. The number of carbonyl (C=O) groups excluding carboxylic acids is 2. The summed E-state index contributed by atoms with van der Waals surface area (Å²) in [6.07, 6.45) is -0.0787. The number of carboxylic acids is 1. The van der Waals surface area contributed by atoms with Crippen LogP contribution in [0.3, 0.4) is 0 Å². The van der Waals surface area contributed by atoms with Gasteiger partial charge in [0.05, 0.1) is 12.6 Å². The molecule has 0 aliphatic heterocycles. The van der Waals surface area contributed by atoms with Crippen molar-refractivity contribution < 1.29 is 24.6 Å². The smallest absolute Gasteiger partial charge is 0.328 e. The van der Waals surface area contributed by atoms with Gasteiger partial charge in [0.15, 0.2) is 0 Å². The topological polar surface area (TPSA) is 142 Å². The van der Waals surface area contributed by atoms with E-state index in [1.807, 2.05) is 0 Å². The molecule has 2 amide bonds. The molecule has 1 aromatic rings. The van der Waals surface area contributed by atoms with Gasteiger partial charge in [-0.15, -0.1) is 0 Å². The van der Waals surface area contributed by atoms with E-state index >= 15 is 0 Å². The average molecular weight is 372 g/mol. The first kappa shape index (κ1) is 20.9. The number of amides is 2. The number of nitrogens with two attached hydrogens (primary N) is 1. The van der Waals surface area contributed by atoms with Gasteiger partial charge in [-0.25, -0.2) is 4.79 Å². The molecule has 8 nitrogen and oxygen atoms in total. The Morgan fingerprint density at radius 1 is 1.24 bits per heavy atom. The number of halogens is 1. The minimum Gasteiger partial charge on any atom is -0.480 e. The fourth-order valence-corrected chi connectivity index (χ4v) is 2.22. The first-order valence-corrected chi connectivity index (χ1v) is 8.04. The number of carbonyl (C=O) groups is 3. The highest BCUT2D eigenvalue weighted by Gasteiger charge is 2.23. The molecule has 9 heteroatoms. The van der Waals surface area contributed by atoms with E-state index in [0.29, 0.717) is 5.02 Å². The van der Waals surface area contributed by atoms with Gasteiger partial charge in [0, 0.05) is 23.9 Å². The van der Waals surface area contributed by atoms with Crippen molar-refractivity contribution in [2.24, 2.45) is 5.73 Å². The zero-order valence-corrected chi connectivity index (χ0v) is 14.5. The van der Waals surface area contributed by atoms with Crippen molar-refractivity contribution in [3.63, 3.8) is 0 Å². The second-order valence-corrected chi connectivity index (χ2v) is 6.06. The summed E-state index contributed by atoms with van der Waals surface area (Å²) in [6.45, 7) is 0.971. The number of nitrogens with one attached hydrogen (secondary N) is 2. The van der Waals surface area contributed by atoms with Gasteiger partial charge < -0.3 is 26.6 Å². The van der Waals surface area contributed by atoms with E-state index in [0.717, 1.165) is 5.56 Å². The highest BCUT2D eigenvalue weighted by molar-refractivity contribution is 6.30. The number of aliphatic carboxylic acids is 1. The zero-order valence-electron chi connectivity index (χ0n) is 13.7. The normalized spacial score (nSPS) is 14.2. The summed E-state index contributed by atoms with van der Waals surface area (Å²) < 4.78 is 0. The van der Waals surface area contributed by atoms with Gasteiger partial charge in [0.25, 0.3) is 0 Å². The maximum atomic E-state index is 12.1. The lowest BCUT2D eigenvalue weighted by atomic mass is 9.95. The summed E-state index contributed by atoms with van der Waals surface area (Å²) >= 11 is 5.86. The zero-order chi connectivity index (χ0) is 19.0. The van der Waals surface area contributed by atoms with Crippen molar-refractivity contribution in [1.29, 1.82) is 0 Å². The number of hydrogen-bond donors (Lipinski definition) is 5. The monoisotopic (exact) mass is 371 g/mol. The highest BCUT2D eigenvalue weighted by atomic mass is 35.5. The first-order valence-electron chi connectivity index (χ1n) is 7.66. The predicted octanol–water partition coefficient (Wildman–Crippen LogP) is -0.161. The van der Waals surface area contributed by atoms with Crippen LogP contribution in [-0.4, -0.2) is 53.2 Å². The van der Waals surface area contributed by atoms with Gasteiger partial charge >= 0.3 is 5.97 Å². The maximum absolute atomic E-state index is 12.1. The summed E-state index contributed by atoms with van der Waals surface area (Å²) in [5.74, 6) is -2.66. The quantitative estimate of drug-likeness (QED) is 0.408. The van der Waals surface area contributed by atoms with Crippen molar-refractivity contribution in [2.45, 2.75) is 31.3 Å². The van der Waals surface area contributed by atoms with Gasteiger partial charge in [-0.05, 0) is 24.6 Å². The van der Waals surface area contributed by atoms with Gasteiger partial charge in [-0.1, -0.05) is 23.7 Å². The highest BCUT2D eigenvalue weighted by Crippen LogP contribution is 2.21. The number of aliphatic hydroxyl groups excluding tert-OH is 1. The van der Waals surface area contributed by atoms with Crippen molar-refractivity contribution in [3.05, 3.63) is 34.9 Å². The lowest BCUT2D eigenvalue weighted by molar-refractivity contribution is -0.143. The Kier molecular flexibility index (Phi) is 8.33. The van der Waals surface area contributed by atoms with E-state index in [4.69, 9.17) is 27.5 Å². The molecule has 0 aliphatic carbocycles. The summed E-state index contributed by atoms with van der Waals surface area (Å²) in [5.41, 5.74) is 6.25. The van der Waals surface area contributed by atoms with Crippen LogP contribution in [-0.2, 0) is 14.4 Å². The molecule has 1 rings (SSSR count). The molecule has 0 saturated heterocycles. The molecule has 0 radical (unpaired) electrons. The largest absolute Gasteiger partial charge is 0.480 e. The van der Waals surface area contributed by atoms with Crippen molar-refractivity contribution in [3.8, 4) is 0 Å². The summed E-state index contributed by atoms with van der Waals surface area (Å²) in [5, 5.41) is 23.3. The average Bonchev–Trinajstić information content (AvgIpc) is 2.56. The molecule has 6 N–H and O–H groups in total. The number of aliphatic hydroxyl groups is 1. The van der Waals surface area contributed by atoms with Crippen molar-refractivity contribution in [1.82, 2.24) is 10.6 Å². The predicted molar refractivity (Wildman–Crippen MR) is 92.1 cm³/mol. The molecular formula is C16H22ClN3O5. The lowest BCUT2D eigenvalue weighted by Crippen LogP contribution is -2.44. The Balaban J connectivity index is 2.83. The maximum Gasteiger partial charge on any atom is 0.328 e. The number of benzene rings is 1. The minimum atomic E-state index is -1.38. The van der Waals surface area contributed by atoms with Crippen LogP contribution in [0, 0.1) is 0 Å². The van der Waals surface area contributed by atoms with E-state index < -0.39 is 36.5 Å². The van der Waals surface area contributed by atoms with Crippen molar-refractivity contribution in [2.75, 3.05) is 13.2 Å². The van der Waals surface area contributed by atoms with Crippen LogP contribution in [0.1, 0.15) is 24.8 Å². The molecule has 3 atom stereocenters. The van der Waals surface area contributed by atoms with Crippen LogP contribution in [0.25, 0.3) is 0 Å². The third kappa shape index (κ3) is 7.08. The second kappa shape index (κ2) is 9.97. The molecule has 0 aromatic heterocycles. The molecule has 138 valence electrons. The third-order valence-electron chi connectivity index (χ3n) is 3.53.